The zero-order valence-electron chi connectivity index (χ0n) is 7.20. The third-order valence-electron chi connectivity index (χ3n) is 1.59. The number of hydrogen-bond donors (Lipinski definition) is 0. The van der Waals surface area contributed by atoms with E-state index < -0.39 is 0 Å². The molecule has 1 rings (SSSR count). The Balaban J connectivity index is 3.06. The van der Waals surface area contributed by atoms with Gasteiger partial charge < -0.3 is 0 Å². The SMILES string of the molecule is C=N/C(=C(/C)SC)c1ccsc1. The van der Waals surface area contributed by atoms with E-state index in [1.54, 1.807) is 23.1 Å². The van der Waals surface area contributed by atoms with E-state index in [9.17, 15) is 0 Å². The predicted octanol–water partition coefficient (Wildman–Crippen LogP) is 3.50. The lowest BCUT2D eigenvalue weighted by Gasteiger charge is -2.01. The van der Waals surface area contributed by atoms with Crippen LogP contribution >= 0.6 is 23.1 Å². The zero-order chi connectivity index (χ0) is 8.97. The maximum absolute atomic E-state index is 4.02. The Morgan fingerprint density at radius 3 is 2.83 bits per heavy atom. The van der Waals surface area contributed by atoms with Crippen LogP contribution in [0.2, 0.25) is 0 Å². The molecule has 64 valence electrons. The third-order valence-corrected chi connectivity index (χ3v) is 3.08. The molecule has 0 N–H and O–H groups in total. The van der Waals surface area contributed by atoms with Crippen LogP contribution in [-0.2, 0) is 0 Å². The Morgan fingerprint density at radius 1 is 1.67 bits per heavy atom. The second-order valence-corrected chi connectivity index (χ2v) is 4.08. The van der Waals surface area contributed by atoms with Gasteiger partial charge in [-0.3, -0.25) is 4.99 Å². The normalized spacial score (nSPS) is 12.5. The van der Waals surface area contributed by atoms with E-state index in [1.807, 2.05) is 11.6 Å². The van der Waals surface area contributed by atoms with E-state index in [2.05, 4.69) is 30.1 Å². The Bertz CT molecular complexity index is 285. The number of aliphatic imine (C=N–C) groups is 1. The van der Waals surface area contributed by atoms with Crippen LogP contribution in [0.4, 0.5) is 0 Å². The van der Waals surface area contributed by atoms with Gasteiger partial charge in [-0.1, -0.05) is 0 Å². The largest absolute Gasteiger partial charge is 0.263 e. The number of rotatable bonds is 3. The molecule has 1 aromatic heterocycles. The Morgan fingerprint density at radius 2 is 2.42 bits per heavy atom. The summed E-state index contributed by atoms with van der Waals surface area (Å²) in [7, 11) is 0. The Labute approximate surface area is 81.2 Å². The summed E-state index contributed by atoms with van der Waals surface area (Å²) in [5.74, 6) is 0. The van der Waals surface area contributed by atoms with Crippen molar-refractivity contribution < 1.29 is 0 Å². The molecule has 0 unspecified atom stereocenters. The van der Waals surface area contributed by atoms with Crippen molar-refractivity contribution in [2.45, 2.75) is 6.92 Å². The van der Waals surface area contributed by atoms with E-state index >= 15 is 0 Å². The highest BCUT2D eigenvalue weighted by Crippen LogP contribution is 2.26. The van der Waals surface area contributed by atoms with Gasteiger partial charge in [0.2, 0.25) is 0 Å². The molecule has 0 atom stereocenters. The van der Waals surface area contributed by atoms with Crippen LogP contribution in [0.25, 0.3) is 5.70 Å². The van der Waals surface area contributed by atoms with Crippen molar-refractivity contribution in [1.82, 2.24) is 0 Å². The second kappa shape index (κ2) is 4.48. The van der Waals surface area contributed by atoms with Crippen molar-refractivity contribution in [2.75, 3.05) is 6.26 Å². The fraction of sp³-hybridized carbons (Fsp3) is 0.222. The van der Waals surface area contributed by atoms with Gasteiger partial charge in [0.05, 0.1) is 5.70 Å². The van der Waals surface area contributed by atoms with Gasteiger partial charge in [0.1, 0.15) is 0 Å². The third kappa shape index (κ3) is 1.99. The lowest BCUT2D eigenvalue weighted by atomic mass is 10.2. The highest BCUT2D eigenvalue weighted by Gasteiger charge is 2.02. The summed E-state index contributed by atoms with van der Waals surface area (Å²) < 4.78 is 0. The van der Waals surface area contributed by atoms with Crippen molar-refractivity contribution in [1.29, 1.82) is 0 Å². The monoisotopic (exact) mass is 197 g/mol. The average molecular weight is 197 g/mol. The lowest BCUT2D eigenvalue weighted by molar-refractivity contribution is 1.52. The van der Waals surface area contributed by atoms with Gasteiger partial charge in [-0.05, 0) is 31.3 Å². The van der Waals surface area contributed by atoms with Crippen LogP contribution in [0.15, 0.2) is 26.7 Å². The first kappa shape index (κ1) is 9.55. The first-order valence-electron chi connectivity index (χ1n) is 3.53. The van der Waals surface area contributed by atoms with Gasteiger partial charge in [0, 0.05) is 15.8 Å². The first-order valence-corrected chi connectivity index (χ1v) is 5.70. The molecular formula is C9H11NS2. The van der Waals surface area contributed by atoms with Crippen LogP contribution in [0.5, 0.6) is 0 Å². The summed E-state index contributed by atoms with van der Waals surface area (Å²) in [4.78, 5) is 5.23. The Hall–Kier alpha value is -0.540. The molecule has 1 aromatic rings. The molecule has 0 saturated carbocycles. The molecule has 0 aromatic carbocycles. The minimum absolute atomic E-state index is 1.00. The summed E-state index contributed by atoms with van der Waals surface area (Å²) in [5, 5.41) is 4.14. The molecule has 0 aliphatic carbocycles. The minimum atomic E-state index is 1.00. The van der Waals surface area contributed by atoms with Crippen molar-refractivity contribution >= 4 is 35.5 Å². The van der Waals surface area contributed by atoms with E-state index in [4.69, 9.17) is 0 Å². The molecular weight excluding hydrogens is 186 g/mol. The van der Waals surface area contributed by atoms with Crippen LogP contribution < -0.4 is 0 Å². The second-order valence-electron chi connectivity index (χ2n) is 2.28. The van der Waals surface area contributed by atoms with Gasteiger partial charge in [-0.25, -0.2) is 0 Å². The fourth-order valence-electron chi connectivity index (χ4n) is 0.902. The first-order chi connectivity index (χ1) is 5.79. The van der Waals surface area contributed by atoms with E-state index in [0.717, 1.165) is 5.70 Å². The molecule has 0 saturated heterocycles. The standard InChI is InChI=1S/C9H11NS2/c1-7(11-3)9(10-2)8-4-5-12-6-8/h4-6H,2H2,1,3H3/b9-7-. The topological polar surface area (TPSA) is 12.4 Å². The van der Waals surface area contributed by atoms with Gasteiger partial charge in [-0.2, -0.15) is 11.3 Å². The molecule has 0 aliphatic heterocycles. The number of thiophene rings is 1. The van der Waals surface area contributed by atoms with Gasteiger partial charge in [0.25, 0.3) is 0 Å². The van der Waals surface area contributed by atoms with Crippen molar-refractivity contribution in [3.8, 4) is 0 Å². The van der Waals surface area contributed by atoms with Gasteiger partial charge in [0.15, 0.2) is 0 Å². The Kier molecular flexibility index (Phi) is 3.56. The predicted molar refractivity (Wildman–Crippen MR) is 60.0 cm³/mol. The number of hydrogen-bond acceptors (Lipinski definition) is 3. The maximum Gasteiger partial charge on any atom is 0.0794 e. The van der Waals surface area contributed by atoms with Gasteiger partial charge in [-0.15, -0.1) is 11.8 Å². The molecule has 3 heteroatoms. The van der Waals surface area contributed by atoms with E-state index in [1.165, 1.54) is 10.5 Å². The number of allylic oxidation sites excluding steroid dienone is 1. The van der Waals surface area contributed by atoms with Crippen molar-refractivity contribution in [3.05, 3.63) is 27.3 Å². The van der Waals surface area contributed by atoms with E-state index in [-0.39, 0.29) is 0 Å². The van der Waals surface area contributed by atoms with Crippen LogP contribution in [0.1, 0.15) is 12.5 Å². The summed E-state index contributed by atoms with van der Waals surface area (Å²) >= 11 is 3.39. The number of nitrogens with zero attached hydrogens (tertiary/aromatic N) is 1. The maximum atomic E-state index is 4.02. The molecule has 0 fully saturated rings. The molecule has 1 heterocycles. The average Bonchev–Trinajstić information content (AvgIpc) is 2.58. The number of thioether (sulfide) groups is 1. The van der Waals surface area contributed by atoms with Crippen LogP contribution in [-0.4, -0.2) is 13.0 Å². The van der Waals surface area contributed by atoms with E-state index in [0.29, 0.717) is 0 Å². The molecule has 0 radical (unpaired) electrons. The van der Waals surface area contributed by atoms with Crippen LogP contribution in [0, 0.1) is 0 Å². The molecule has 0 aliphatic rings. The molecule has 0 amide bonds. The summed E-state index contributed by atoms with van der Waals surface area (Å²) in [5.41, 5.74) is 2.17. The van der Waals surface area contributed by atoms with Gasteiger partial charge >= 0.3 is 0 Å². The van der Waals surface area contributed by atoms with Crippen molar-refractivity contribution in [2.24, 2.45) is 4.99 Å². The fourth-order valence-corrected chi connectivity index (χ4v) is 1.92. The highest BCUT2D eigenvalue weighted by atomic mass is 32.2. The summed E-state index contributed by atoms with van der Waals surface area (Å²) in [6.45, 7) is 5.63. The summed E-state index contributed by atoms with van der Waals surface area (Å²) in [6.07, 6.45) is 2.05. The molecule has 0 bridgehead atoms. The van der Waals surface area contributed by atoms with Crippen LogP contribution in [0.3, 0.4) is 0 Å². The van der Waals surface area contributed by atoms with Crippen molar-refractivity contribution in [3.63, 3.8) is 0 Å². The molecule has 12 heavy (non-hydrogen) atoms. The zero-order valence-corrected chi connectivity index (χ0v) is 8.84. The molecule has 0 spiro atoms. The minimum Gasteiger partial charge on any atom is -0.263 e. The molecule has 1 nitrogen and oxygen atoms in total. The summed E-state index contributed by atoms with van der Waals surface area (Å²) in [6, 6.07) is 2.06. The quantitative estimate of drug-likeness (QED) is 0.676. The highest BCUT2D eigenvalue weighted by molar-refractivity contribution is 8.02. The smallest absolute Gasteiger partial charge is 0.0794 e. The lowest BCUT2D eigenvalue weighted by Crippen LogP contribution is -1.79.